The van der Waals surface area contributed by atoms with Gasteiger partial charge in [0.1, 0.15) is 0 Å². The molecule has 2 aliphatic rings. The molecule has 0 unspecified atom stereocenters. The first kappa shape index (κ1) is 44.1. The monoisotopic (exact) mass is 855 g/mol. The number of hydrogen-bond acceptors (Lipinski definition) is 11. The Bertz CT molecular complexity index is 2560. The van der Waals surface area contributed by atoms with Crippen molar-refractivity contribution in [2.24, 2.45) is 0 Å². The Morgan fingerprint density at radius 1 is 0.623 bits per heavy atom. The summed E-state index contributed by atoms with van der Waals surface area (Å²) in [7, 11) is 0. The van der Waals surface area contributed by atoms with E-state index < -0.39 is 5.97 Å². The second-order valence-corrected chi connectivity index (χ2v) is 15.5. The van der Waals surface area contributed by atoms with Crippen LogP contribution in [0.25, 0.3) is 11.1 Å². The van der Waals surface area contributed by atoms with Crippen molar-refractivity contribution in [3.05, 3.63) is 171 Å². The molecule has 6 aromatic rings. The predicted molar refractivity (Wildman–Crippen MR) is 243 cm³/mol. The van der Waals surface area contributed by atoms with Crippen molar-refractivity contribution in [2.75, 3.05) is 41.7 Å². The van der Waals surface area contributed by atoms with Gasteiger partial charge in [-0.25, -0.2) is 24.7 Å². The third-order valence-corrected chi connectivity index (χ3v) is 11.1. The van der Waals surface area contributed by atoms with E-state index >= 15 is 0 Å². The summed E-state index contributed by atoms with van der Waals surface area (Å²) in [4.78, 5) is 52.2. The molecule has 0 fully saturated rings. The lowest BCUT2D eigenvalue weighted by Crippen LogP contribution is -2.31. The lowest BCUT2D eigenvalue weighted by atomic mass is 9.93. The second kappa shape index (κ2) is 20.7. The SMILES string of the molecule is CC1=C(c2ccc(CC(=O)c3ccncc3C)cc2)CN(c2nccnc2Cl)CC1.CC1=C(c2ccc(N)cc2)CN(c2nccnc2Cl)CC1.Cc1cnccc1C(=O)O. The van der Waals surface area contributed by atoms with Gasteiger partial charge in [-0.3, -0.25) is 14.8 Å². The van der Waals surface area contributed by atoms with Crippen molar-refractivity contribution in [3.63, 3.8) is 0 Å². The Labute approximate surface area is 365 Å². The van der Waals surface area contributed by atoms with Gasteiger partial charge < -0.3 is 20.6 Å². The molecule has 61 heavy (non-hydrogen) atoms. The maximum Gasteiger partial charge on any atom is 0.336 e. The van der Waals surface area contributed by atoms with Crippen LogP contribution in [0.15, 0.2) is 121 Å². The van der Waals surface area contributed by atoms with E-state index in [9.17, 15) is 9.59 Å². The summed E-state index contributed by atoms with van der Waals surface area (Å²) in [5.41, 5.74) is 17.9. The summed E-state index contributed by atoms with van der Waals surface area (Å²) in [6.07, 6.45) is 15.3. The van der Waals surface area contributed by atoms with Crippen LogP contribution in [0.1, 0.15) is 75.2 Å². The number of halogens is 2. The zero-order valence-corrected chi connectivity index (χ0v) is 36.0. The van der Waals surface area contributed by atoms with Crippen molar-refractivity contribution in [3.8, 4) is 0 Å². The molecule has 0 aliphatic carbocycles. The Balaban J connectivity index is 0.000000173. The Morgan fingerprint density at radius 3 is 1.49 bits per heavy atom. The third-order valence-electron chi connectivity index (χ3n) is 10.6. The van der Waals surface area contributed by atoms with E-state index in [4.69, 9.17) is 34.0 Å². The molecule has 14 heteroatoms. The lowest BCUT2D eigenvalue weighted by molar-refractivity contribution is 0.0695. The fourth-order valence-corrected chi connectivity index (χ4v) is 7.54. The van der Waals surface area contributed by atoms with Gasteiger partial charge in [-0.15, -0.1) is 0 Å². The molecule has 312 valence electrons. The first-order valence-corrected chi connectivity index (χ1v) is 20.5. The minimum Gasteiger partial charge on any atom is -0.478 e. The van der Waals surface area contributed by atoms with Crippen molar-refractivity contribution in [1.82, 2.24) is 29.9 Å². The summed E-state index contributed by atoms with van der Waals surface area (Å²) in [5, 5.41) is 9.42. The third kappa shape index (κ3) is 11.4. The molecule has 6 heterocycles. The molecule has 2 aliphatic heterocycles. The molecule has 0 atom stereocenters. The molecule has 0 bridgehead atoms. The summed E-state index contributed by atoms with van der Waals surface area (Å²) < 4.78 is 0. The number of aryl methyl sites for hydroxylation is 2. The Morgan fingerprint density at radius 2 is 1.07 bits per heavy atom. The average molecular weight is 857 g/mol. The fourth-order valence-electron chi connectivity index (χ4n) is 7.09. The van der Waals surface area contributed by atoms with Crippen LogP contribution < -0.4 is 15.5 Å². The van der Waals surface area contributed by atoms with E-state index in [0.717, 1.165) is 78.6 Å². The molecule has 2 aromatic carbocycles. The number of aromatic carboxylic acids is 1. The molecule has 0 amide bonds. The topological polar surface area (TPSA) is 164 Å². The number of pyridine rings is 2. The molecule has 4 aromatic heterocycles. The first-order chi connectivity index (χ1) is 29.4. The number of nitrogen functional groups attached to an aromatic ring is 1. The predicted octanol–water partition coefficient (Wildman–Crippen LogP) is 9.43. The highest BCUT2D eigenvalue weighted by atomic mass is 35.5. The van der Waals surface area contributed by atoms with E-state index in [1.54, 1.807) is 50.2 Å². The highest BCUT2D eigenvalue weighted by molar-refractivity contribution is 6.32. The van der Waals surface area contributed by atoms with Crippen LogP contribution >= 0.6 is 23.2 Å². The number of carboxylic acids is 1. The van der Waals surface area contributed by atoms with Gasteiger partial charge in [0.15, 0.2) is 27.7 Å². The largest absolute Gasteiger partial charge is 0.478 e. The van der Waals surface area contributed by atoms with Crippen LogP contribution in [0.2, 0.25) is 10.3 Å². The van der Waals surface area contributed by atoms with Gasteiger partial charge in [0, 0.05) is 93.4 Å². The molecule has 0 saturated carbocycles. The number of nitrogens with two attached hydrogens (primary N) is 1. The number of benzene rings is 2. The molecule has 0 saturated heterocycles. The zero-order chi connectivity index (χ0) is 43.5. The number of ketones is 1. The molecule has 12 nitrogen and oxygen atoms in total. The van der Waals surface area contributed by atoms with Crippen molar-refractivity contribution >= 4 is 63.4 Å². The van der Waals surface area contributed by atoms with E-state index in [0.29, 0.717) is 27.9 Å². The minimum absolute atomic E-state index is 0.110. The Hall–Kier alpha value is -6.50. The van der Waals surface area contributed by atoms with Gasteiger partial charge in [-0.1, -0.05) is 70.7 Å². The molecule has 3 N–H and O–H groups in total. The normalized spacial score (nSPS) is 13.8. The quantitative estimate of drug-likeness (QED) is 0.110. The van der Waals surface area contributed by atoms with Crippen molar-refractivity contribution in [2.45, 2.75) is 47.0 Å². The lowest BCUT2D eigenvalue weighted by Gasteiger charge is -2.31. The van der Waals surface area contributed by atoms with Crippen molar-refractivity contribution < 1.29 is 14.7 Å². The molecule has 8 rings (SSSR count). The van der Waals surface area contributed by atoms with Crippen LogP contribution in [-0.4, -0.2) is 72.9 Å². The number of carbonyl (C=O) groups excluding carboxylic acids is 1. The van der Waals surface area contributed by atoms with Gasteiger partial charge in [-0.05, 0) is 104 Å². The maximum atomic E-state index is 12.6. The number of anilines is 3. The van der Waals surface area contributed by atoms with Crippen LogP contribution in [-0.2, 0) is 6.42 Å². The number of carbonyl (C=O) groups is 2. The van der Waals surface area contributed by atoms with E-state index in [2.05, 4.69) is 77.8 Å². The maximum absolute atomic E-state index is 12.6. The Kier molecular flexibility index (Phi) is 14.9. The summed E-state index contributed by atoms with van der Waals surface area (Å²) in [6.45, 7) is 11.3. The molecular formula is C47H47Cl2N9O3. The smallest absolute Gasteiger partial charge is 0.336 e. The zero-order valence-electron chi connectivity index (χ0n) is 34.5. The average Bonchev–Trinajstić information content (AvgIpc) is 3.26. The molecule has 0 spiro atoms. The van der Waals surface area contributed by atoms with Crippen LogP contribution in [0.3, 0.4) is 0 Å². The number of nitrogens with zero attached hydrogens (tertiary/aromatic N) is 8. The van der Waals surface area contributed by atoms with E-state index in [-0.39, 0.29) is 5.78 Å². The number of carboxylic acid groups (broad SMARTS) is 1. The first-order valence-electron chi connectivity index (χ1n) is 19.7. The van der Waals surface area contributed by atoms with Crippen LogP contribution in [0.5, 0.6) is 0 Å². The van der Waals surface area contributed by atoms with Crippen molar-refractivity contribution in [1.29, 1.82) is 0 Å². The summed E-state index contributed by atoms with van der Waals surface area (Å²) >= 11 is 12.4. The number of hydrogen-bond donors (Lipinski definition) is 2. The molecule has 0 radical (unpaired) electrons. The summed E-state index contributed by atoms with van der Waals surface area (Å²) in [6, 6.07) is 19.5. The highest BCUT2D eigenvalue weighted by Gasteiger charge is 2.23. The number of Topliss-reactive ketones (excluding diaryl/α,β-unsaturated/α-hetero) is 1. The van der Waals surface area contributed by atoms with Gasteiger partial charge in [0.2, 0.25) is 0 Å². The van der Waals surface area contributed by atoms with Gasteiger partial charge >= 0.3 is 5.97 Å². The van der Waals surface area contributed by atoms with Crippen LogP contribution in [0.4, 0.5) is 17.3 Å². The second-order valence-electron chi connectivity index (χ2n) is 14.8. The summed E-state index contributed by atoms with van der Waals surface area (Å²) in [5.74, 6) is 0.679. The number of rotatable bonds is 8. The molecular weight excluding hydrogens is 809 g/mol. The van der Waals surface area contributed by atoms with E-state index in [1.807, 2.05) is 31.2 Å². The standard InChI is InChI=1S/C24H23ClN4O.C16H17ClN4.C7H7NO2/c1-16-8-12-29(24-23(25)27-10-11-28-24)15-21(16)19-5-3-18(4-6-19)13-22(30)20-7-9-26-14-17(20)2;1-11-6-9-21(16-15(17)19-7-8-20-16)10-14(11)12-2-4-13(18)5-3-12;1-5-4-8-3-2-6(5)7(9)10/h3-7,9-11,14H,8,12-13,15H2,1-2H3;2-5,7-8H,6,9-10,18H2,1H3;2-4H,1H3,(H,9,10). The number of aromatic nitrogens is 6. The fraction of sp³-hybridized carbons (Fsp3) is 0.234. The van der Waals surface area contributed by atoms with Gasteiger partial charge in [0.05, 0.1) is 5.56 Å². The van der Waals surface area contributed by atoms with E-state index in [1.165, 1.54) is 46.3 Å². The van der Waals surface area contributed by atoms with Gasteiger partial charge in [-0.2, -0.15) is 0 Å². The minimum atomic E-state index is -0.903. The highest BCUT2D eigenvalue weighted by Crippen LogP contribution is 2.33. The van der Waals surface area contributed by atoms with Crippen LogP contribution in [0, 0.1) is 13.8 Å². The van der Waals surface area contributed by atoms with Gasteiger partial charge in [0.25, 0.3) is 0 Å².